The van der Waals surface area contributed by atoms with E-state index in [2.05, 4.69) is 14.8 Å². The summed E-state index contributed by atoms with van der Waals surface area (Å²) in [6.07, 6.45) is 2.34. The van der Waals surface area contributed by atoms with E-state index in [0.717, 1.165) is 22.8 Å². The van der Waals surface area contributed by atoms with E-state index < -0.39 is 0 Å². The molecule has 1 aromatic heterocycles. The quantitative estimate of drug-likeness (QED) is 0.925. The molecule has 4 nitrogen and oxygen atoms in total. The summed E-state index contributed by atoms with van der Waals surface area (Å²) >= 11 is 6.30. The number of hydrogen-bond donors (Lipinski definition) is 1. The van der Waals surface area contributed by atoms with Crippen LogP contribution >= 0.6 is 11.6 Å². The molecule has 1 aliphatic carbocycles. The minimum Gasteiger partial charge on any atom is -0.324 e. The van der Waals surface area contributed by atoms with Gasteiger partial charge in [0.1, 0.15) is 5.82 Å². The summed E-state index contributed by atoms with van der Waals surface area (Å²) in [7, 11) is 0. The van der Waals surface area contributed by atoms with Crippen molar-refractivity contribution in [1.82, 2.24) is 14.8 Å². The lowest BCUT2D eigenvalue weighted by molar-refractivity contribution is 0.688. The van der Waals surface area contributed by atoms with Gasteiger partial charge in [-0.05, 0) is 37.5 Å². The van der Waals surface area contributed by atoms with Gasteiger partial charge < -0.3 is 10.3 Å². The highest BCUT2D eigenvalue weighted by molar-refractivity contribution is 6.33. The van der Waals surface area contributed by atoms with Crippen molar-refractivity contribution in [1.29, 1.82) is 0 Å². The molecule has 5 heteroatoms. The maximum absolute atomic E-state index is 6.30. The largest absolute Gasteiger partial charge is 0.324 e. The first-order valence-electron chi connectivity index (χ1n) is 6.11. The number of benzene rings is 1. The first kappa shape index (κ1) is 11.7. The molecule has 1 saturated carbocycles. The number of aromatic nitrogens is 3. The van der Waals surface area contributed by atoms with Gasteiger partial charge in [-0.25, -0.2) is 0 Å². The van der Waals surface area contributed by atoms with Crippen LogP contribution in [0.1, 0.15) is 30.3 Å². The van der Waals surface area contributed by atoms with Crippen molar-refractivity contribution in [2.75, 3.05) is 0 Å². The van der Waals surface area contributed by atoms with Crippen molar-refractivity contribution < 1.29 is 0 Å². The van der Waals surface area contributed by atoms with Gasteiger partial charge in [-0.3, -0.25) is 0 Å². The van der Waals surface area contributed by atoms with Gasteiger partial charge in [0, 0.05) is 11.6 Å². The Morgan fingerprint density at radius 2 is 2.17 bits per heavy atom. The summed E-state index contributed by atoms with van der Waals surface area (Å²) in [5.74, 6) is 1.67. The van der Waals surface area contributed by atoms with Crippen molar-refractivity contribution in [3.63, 3.8) is 0 Å². The van der Waals surface area contributed by atoms with Gasteiger partial charge in [0.25, 0.3) is 0 Å². The Labute approximate surface area is 111 Å². The van der Waals surface area contributed by atoms with E-state index in [1.807, 2.05) is 25.1 Å². The van der Waals surface area contributed by atoms with Crippen LogP contribution in [-0.2, 0) is 6.54 Å². The van der Waals surface area contributed by atoms with E-state index in [9.17, 15) is 0 Å². The second-order valence-electron chi connectivity index (χ2n) is 4.73. The fourth-order valence-corrected chi connectivity index (χ4v) is 2.48. The third-order valence-corrected chi connectivity index (χ3v) is 3.54. The predicted octanol–water partition coefficient (Wildman–Crippen LogP) is 2.70. The molecule has 1 aromatic carbocycles. The van der Waals surface area contributed by atoms with Crippen molar-refractivity contribution in [3.05, 3.63) is 34.6 Å². The topological polar surface area (TPSA) is 56.7 Å². The molecule has 2 aromatic rings. The molecule has 1 aliphatic rings. The Balaban J connectivity index is 2.13. The Morgan fingerprint density at radius 3 is 2.78 bits per heavy atom. The highest BCUT2D eigenvalue weighted by Gasteiger charge is 2.29. The fourth-order valence-electron chi connectivity index (χ4n) is 2.16. The second-order valence-corrected chi connectivity index (χ2v) is 5.14. The lowest BCUT2D eigenvalue weighted by Crippen LogP contribution is -2.08. The first-order chi connectivity index (χ1) is 8.70. The van der Waals surface area contributed by atoms with Crippen LogP contribution in [0.25, 0.3) is 11.4 Å². The van der Waals surface area contributed by atoms with Crippen LogP contribution in [-0.4, -0.2) is 14.8 Å². The molecule has 0 aliphatic heterocycles. The summed E-state index contributed by atoms with van der Waals surface area (Å²) in [6, 6.07) is 6.48. The Morgan fingerprint density at radius 1 is 1.39 bits per heavy atom. The smallest absolute Gasteiger partial charge is 0.165 e. The lowest BCUT2D eigenvalue weighted by atomic mass is 10.1. The van der Waals surface area contributed by atoms with Crippen molar-refractivity contribution >= 4 is 11.6 Å². The molecule has 3 rings (SSSR count). The predicted molar refractivity (Wildman–Crippen MR) is 71.4 cm³/mol. The molecular formula is C13H15ClN4. The molecule has 0 bridgehead atoms. The molecule has 0 saturated heterocycles. The number of nitrogens with two attached hydrogens (primary N) is 1. The van der Waals surface area contributed by atoms with Crippen molar-refractivity contribution in [2.24, 2.45) is 5.73 Å². The summed E-state index contributed by atoms with van der Waals surface area (Å²) < 4.78 is 2.14. The molecule has 1 fully saturated rings. The monoisotopic (exact) mass is 262 g/mol. The molecule has 94 valence electrons. The Hall–Kier alpha value is -1.39. The van der Waals surface area contributed by atoms with Crippen LogP contribution in [0.3, 0.4) is 0 Å². The van der Waals surface area contributed by atoms with E-state index >= 15 is 0 Å². The zero-order chi connectivity index (χ0) is 12.7. The maximum atomic E-state index is 6.30. The van der Waals surface area contributed by atoms with Crippen LogP contribution in [0.4, 0.5) is 0 Å². The van der Waals surface area contributed by atoms with Gasteiger partial charge in [-0.15, -0.1) is 10.2 Å². The summed E-state index contributed by atoms with van der Waals surface area (Å²) in [5, 5.41) is 9.14. The highest BCUT2D eigenvalue weighted by atomic mass is 35.5. The molecule has 1 heterocycles. The van der Waals surface area contributed by atoms with Gasteiger partial charge in [0.15, 0.2) is 5.82 Å². The van der Waals surface area contributed by atoms with Gasteiger partial charge in [-0.2, -0.15) is 0 Å². The maximum Gasteiger partial charge on any atom is 0.165 e. The molecule has 0 spiro atoms. The van der Waals surface area contributed by atoms with E-state index in [-0.39, 0.29) is 0 Å². The molecule has 2 N–H and O–H groups in total. The first-order valence-corrected chi connectivity index (χ1v) is 6.49. The number of rotatable bonds is 3. The Kier molecular flexibility index (Phi) is 2.84. The lowest BCUT2D eigenvalue weighted by Gasteiger charge is -2.09. The summed E-state index contributed by atoms with van der Waals surface area (Å²) in [6.45, 7) is 2.43. The van der Waals surface area contributed by atoms with Crippen molar-refractivity contribution in [2.45, 2.75) is 32.4 Å². The average molecular weight is 263 g/mol. The minimum atomic E-state index is 0.410. The SMILES string of the molecule is Cc1ccc(-c2nnc(CN)n2C2CC2)c(Cl)c1. The van der Waals surface area contributed by atoms with Gasteiger partial charge in [-0.1, -0.05) is 17.7 Å². The van der Waals surface area contributed by atoms with Gasteiger partial charge in [0.2, 0.25) is 0 Å². The third-order valence-electron chi connectivity index (χ3n) is 3.23. The second kappa shape index (κ2) is 4.37. The zero-order valence-corrected chi connectivity index (χ0v) is 11.0. The van der Waals surface area contributed by atoms with Gasteiger partial charge in [0.05, 0.1) is 11.6 Å². The third kappa shape index (κ3) is 1.91. The Bertz CT molecular complexity index is 587. The number of nitrogens with zero attached hydrogens (tertiary/aromatic N) is 3. The molecule has 18 heavy (non-hydrogen) atoms. The van der Waals surface area contributed by atoms with E-state index in [4.69, 9.17) is 17.3 Å². The van der Waals surface area contributed by atoms with Crippen LogP contribution in [0, 0.1) is 6.92 Å². The van der Waals surface area contributed by atoms with Crippen molar-refractivity contribution in [3.8, 4) is 11.4 Å². The van der Waals surface area contributed by atoms with E-state index in [0.29, 0.717) is 17.6 Å². The van der Waals surface area contributed by atoms with Gasteiger partial charge >= 0.3 is 0 Å². The molecule has 0 amide bonds. The average Bonchev–Trinajstić information content (AvgIpc) is 3.09. The molecule has 0 radical (unpaired) electrons. The number of aryl methyl sites for hydroxylation is 1. The molecule has 0 unspecified atom stereocenters. The minimum absolute atomic E-state index is 0.410. The molecular weight excluding hydrogens is 248 g/mol. The van der Waals surface area contributed by atoms with Crippen LogP contribution in [0.15, 0.2) is 18.2 Å². The zero-order valence-electron chi connectivity index (χ0n) is 10.2. The summed E-state index contributed by atoms with van der Waals surface area (Å²) in [5.41, 5.74) is 7.78. The molecule has 0 atom stereocenters. The van der Waals surface area contributed by atoms with Crippen LogP contribution in [0.2, 0.25) is 5.02 Å². The van der Waals surface area contributed by atoms with E-state index in [1.54, 1.807) is 0 Å². The number of halogens is 1. The normalized spacial score (nSPS) is 15.1. The standard InChI is InChI=1S/C13H15ClN4/c1-8-2-5-10(11(14)6-8)13-17-16-12(7-15)18(13)9-3-4-9/h2,5-6,9H,3-4,7,15H2,1H3. The van der Waals surface area contributed by atoms with Crippen LogP contribution in [0.5, 0.6) is 0 Å². The number of hydrogen-bond acceptors (Lipinski definition) is 3. The van der Waals surface area contributed by atoms with Crippen LogP contribution < -0.4 is 5.73 Å². The highest BCUT2D eigenvalue weighted by Crippen LogP contribution is 2.40. The van der Waals surface area contributed by atoms with E-state index in [1.165, 1.54) is 12.8 Å². The summed E-state index contributed by atoms with van der Waals surface area (Å²) in [4.78, 5) is 0. The fraction of sp³-hybridized carbons (Fsp3) is 0.385.